The molecule has 0 spiro atoms. The van der Waals surface area contributed by atoms with Gasteiger partial charge in [-0.2, -0.15) is 0 Å². The lowest BCUT2D eigenvalue weighted by Crippen LogP contribution is -2.41. The van der Waals surface area contributed by atoms with Crippen LogP contribution in [0.25, 0.3) is 0 Å². The van der Waals surface area contributed by atoms with Gasteiger partial charge in [-0.3, -0.25) is 4.79 Å². The Hall–Kier alpha value is -1.60. The van der Waals surface area contributed by atoms with Crippen molar-refractivity contribution in [1.29, 1.82) is 0 Å². The number of rotatable bonds is 4. The van der Waals surface area contributed by atoms with Crippen molar-refractivity contribution in [1.82, 2.24) is 0 Å². The highest BCUT2D eigenvalue weighted by atomic mass is 19.1. The van der Waals surface area contributed by atoms with E-state index in [4.69, 9.17) is 14.4 Å². The molecular formula is C15H20BFO5. The summed E-state index contributed by atoms with van der Waals surface area (Å²) >= 11 is 0. The third-order valence-electron chi connectivity index (χ3n) is 4.39. The quantitative estimate of drug-likeness (QED) is 0.836. The number of aromatic hydroxyl groups is 1. The van der Waals surface area contributed by atoms with Crippen molar-refractivity contribution in [3.63, 3.8) is 0 Å². The van der Waals surface area contributed by atoms with Crippen molar-refractivity contribution >= 4 is 13.1 Å². The summed E-state index contributed by atoms with van der Waals surface area (Å²) in [6, 6.07) is 3.49. The third kappa shape index (κ3) is 3.10. The maximum Gasteiger partial charge on any atom is 0.466 e. The van der Waals surface area contributed by atoms with Gasteiger partial charge in [0.2, 0.25) is 0 Å². The molecule has 1 fully saturated rings. The van der Waals surface area contributed by atoms with E-state index in [0.717, 1.165) is 6.07 Å². The molecule has 0 aliphatic carbocycles. The Balaban J connectivity index is 2.38. The van der Waals surface area contributed by atoms with E-state index >= 15 is 0 Å². The average molecular weight is 310 g/mol. The molecule has 1 aromatic carbocycles. The first-order valence-corrected chi connectivity index (χ1v) is 7.09. The molecule has 5 nitrogen and oxygen atoms in total. The molecule has 1 aliphatic heterocycles. The predicted molar refractivity (Wildman–Crippen MR) is 79.1 cm³/mol. The van der Waals surface area contributed by atoms with Crippen LogP contribution in [0.2, 0.25) is 0 Å². The number of aliphatic carboxylic acids is 1. The van der Waals surface area contributed by atoms with Gasteiger partial charge in [0.15, 0.2) is 0 Å². The lowest BCUT2D eigenvalue weighted by Gasteiger charge is -2.32. The number of halogens is 1. The van der Waals surface area contributed by atoms with Gasteiger partial charge in [0, 0.05) is 11.9 Å². The Morgan fingerprint density at radius 1 is 1.27 bits per heavy atom. The summed E-state index contributed by atoms with van der Waals surface area (Å²) in [5.74, 6) is -2.69. The molecule has 0 amide bonds. The molecule has 120 valence electrons. The second kappa shape index (κ2) is 5.55. The molecule has 0 radical (unpaired) electrons. The van der Waals surface area contributed by atoms with Crippen LogP contribution in [0.5, 0.6) is 5.75 Å². The summed E-state index contributed by atoms with van der Waals surface area (Å²) < 4.78 is 24.9. The number of phenolic OH excluding ortho intramolecular Hbond substituents is 1. The van der Waals surface area contributed by atoms with Crippen LogP contribution >= 0.6 is 0 Å². The van der Waals surface area contributed by atoms with Crippen LogP contribution < -0.4 is 0 Å². The summed E-state index contributed by atoms with van der Waals surface area (Å²) in [6.45, 7) is 7.43. The lowest BCUT2D eigenvalue weighted by molar-refractivity contribution is -0.137. The number of hydrogen-bond acceptors (Lipinski definition) is 4. The zero-order valence-electron chi connectivity index (χ0n) is 13.1. The first-order chi connectivity index (χ1) is 10.0. The van der Waals surface area contributed by atoms with Crippen LogP contribution in [0.1, 0.15) is 45.5 Å². The monoisotopic (exact) mass is 310 g/mol. The molecule has 1 heterocycles. The first-order valence-electron chi connectivity index (χ1n) is 7.09. The van der Waals surface area contributed by atoms with Crippen LogP contribution in [0.4, 0.5) is 4.39 Å². The summed E-state index contributed by atoms with van der Waals surface area (Å²) in [5.41, 5.74) is -0.948. The van der Waals surface area contributed by atoms with Gasteiger partial charge in [0.05, 0.1) is 17.6 Å². The van der Waals surface area contributed by atoms with Gasteiger partial charge < -0.3 is 19.5 Å². The predicted octanol–water partition coefficient (Wildman–Crippen LogP) is 2.72. The molecule has 0 aromatic heterocycles. The molecule has 0 saturated carbocycles. The Morgan fingerprint density at radius 2 is 1.82 bits per heavy atom. The number of benzene rings is 1. The molecule has 1 atom stereocenters. The molecule has 0 bridgehead atoms. The Bertz CT molecular complexity index is 571. The molecule has 1 saturated heterocycles. The van der Waals surface area contributed by atoms with Crippen molar-refractivity contribution in [2.24, 2.45) is 0 Å². The summed E-state index contributed by atoms with van der Waals surface area (Å²) in [5, 5.41) is 19.1. The highest BCUT2D eigenvalue weighted by molar-refractivity contribution is 6.48. The Labute approximate surface area is 129 Å². The first kappa shape index (κ1) is 16.8. The molecule has 1 unspecified atom stereocenters. The van der Waals surface area contributed by atoms with Gasteiger partial charge >= 0.3 is 13.1 Å². The minimum atomic E-state index is -1.05. The molecule has 7 heteroatoms. The van der Waals surface area contributed by atoms with Crippen LogP contribution in [0.15, 0.2) is 18.2 Å². The van der Waals surface area contributed by atoms with Gasteiger partial charge in [-0.1, -0.05) is 6.07 Å². The molecule has 22 heavy (non-hydrogen) atoms. The van der Waals surface area contributed by atoms with E-state index in [2.05, 4.69) is 0 Å². The van der Waals surface area contributed by atoms with Gasteiger partial charge in [-0.15, -0.1) is 0 Å². The van der Waals surface area contributed by atoms with E-state index in [0.29, 0.717) is 5.56 Å². The highest BCUT2D eigenvalue weighted by Gasteiger charge is 2.54. The van der Waals surface area contributed by atoms with Gasteiger partial charge in [-0.25, -0.2) is 4.39 Å². The number of phenols is 1. The number of carbonyl (C=O) groups is 1. The van der Waals surface area contributed by atoms with Gasteiger partial charge in [0.25, 0.3) is 0 Å². The minimum absolute atomic E-state index is 0.294. The van der Waals surface area contributed by atoms with Crippen molar-refractivity contribution in [3.8, 4) is 5.75 Å². The van der Waals surface area contributed by atoms with Crippen LogP contribution in [0, 0.1) is 5.82 Å². The minimum Gasteiger partial charge on any atom is -0.508 e. The van der Waals surface area contributed by atoms with E-state index in [1.807, 2.05) is 27.7 Å². The smallest absolute Gasteiger partial charge is 0.466 e. The number of carboxylic acids is 1. The van der Waals surface area contributed by atoms with E-state index in [-0.39, 0.29) is 12.2 Å². The molecule has 1 aromatic rings. The zero-order valence-corrected chi connectivity index (χ0v) is 13.1. The fourth-order valence-corrected chi connectivity index (χ4v) is 2.42. The van der Waals surface area contributed by atoms with E-state index < -0.39 is 35.9 Å². The zero-order chi connectivity index (χ0) is 16.7. The average Bonchev–Trinajstić information content (AvgIpc) is 2.56. The van der Waals surface area contributed by atoms with E-state index in [9.17, 15) is 14.3 Å². The normalized spacial score (nSPS) is 20.9. The number of hydrogen-bond donors (Lipinski definition) is 2. The summed E-state index contributed by atoms with van der Waals surface area (Å²) in [4.78, 5) is 11.2. The lowest BCUT2D eigenvalue weighted by atomic mass is 9.66. The van der Waals surface area contributed by atoms with E-state index in [1.54, 1.807) is 0 Å². The van der Waals surface area contributed by atoms with E-state index in [1.165, 1.54) is 12.1 Å². The second-order valence-electron chi connectivity index (χ2n) is 6.53. The maximum atomic E-state index is 13.2. The van der Waals surface area contributed by atoms with Crippen molar-refractivity contribution in [3.05, 3.63) is 29.6 Å². The fourth-order valence-electron chi connectivity index (χ4n) is 2.42. The Morgan fingerprint density at radius 3 is 2.27 bits per heavy atom. The fraction of sp³-hybridized carbons (Fsp3) is 0.533. The topological polar surface area (TPSA) is 76.0 Å². The summed E-state index contributed by atoms with van der Waals surface area (Å²) in [6.07, 6.45) is -0.296. The maximum absolute atomic E-state index is 13.2. The van der Waals surface area contributed by atoms with Gasteiger partial charge in [0.1, 0.15) is 11.6 Å². The molecular weight excluding hydrogens is 290 g/mol. The number of carboxylic acid groups (broad SMARTS) is 1. The van der Waals surface area contributed by atoms with Crippen molar-refractivity contribution < 1.29 is 28.7 Å². The van der Waals surface area contributed by atoms with Crippen LogP contribution in [-0.2, 0) is 14.1 Å². The molecule has 2 rings (SSSR count). The van der Waals surface area contributed by atoms with Crippen LogP contribution in [0.3, 0.4) is 0 Å². The highest BCUT2D eigenvalue weighted by Crippen LogP contribution is 2.43. The third-order valence-corrected chi connectivity index (χ3v) is 4.39. The van der Waals surface area contributed by atoms with Crippen molar-refractivity contribution in [2.75, 3.05) is 0 Å². The largest absolute Gasteiger partial charge is 0.508 e. The second-order valence-corrected chi connectivity index (χ2v) is 6.53. The molecule has 2 N–H and O–H groups in total. The Kier molecular flexibility index (Phi) is 4.23. The molecule has 1 aliphatic rings. The van der Waals surface area contributed by atoms with Crippen LogP contribution in [-0.4, -0.2) is 34.5 Å². The standard InChI is InChI=1S/C15H20BFO5/c1-14(2)15(3,4)22-16(21-14)11(8-13(19)20)10-6-5-9(17)7-12(10)18/h5-7,11,18H,8H2,1-4H3,(H,19,20). The van der Waals surface area contributed by atoms with Crippen molar-refractivity contribution in [2.45, 2.75) is 51.1 Å². The van der Waals surface area contributed by atoms with Gasteiger partial charge in [-0.05, 0) is 39.3 Å². The summed E-state index contributed by atoms with van der Waals surface area (Å²) in [7, 11) is -0.836. The SMILES string of the molecule is CC1(C)OB(C(CC(=O)O)c2ccc(F)cc2O)OC1(C)C.